The quantitative estimate of drug-likeness (QED) is 0.274. The zero-order valence-electron chi connectivity index (χ0n) is 21.7. The summed E-state index contributed by atoms with van der Waals surface area (Å²) in [5.41, 5.74) is 0.436. The molecule has 2 aliphatic heterocycles. The lowest BCUT2D eigenvalue weighted by Crippen LogP contribution is -2.57. The predicted molar refractivity (Wildman–Crippen MR) is 131 cm³/mol. The molecular weight excluding hydrogens is 535 g/mol. The van der Waals surface area contributed by atoms with Crippen molar-refractivity contribution in [2.75, 3.05) is 19.7 Å². The number of aromatic nitrogens is 4. The Balaban J connectivity index is 1.46. The number of carbonyl (C=O) groups is 1. The van der Waals surface area contributed by atoms with E-state index in [1.165, 1.54) is 10.9 Å². The van der Waals surface area contributed by atoms with Crippen molar-refractivity contribution < 1.29 is 42.2 Å². The second-order valence-electron chi connectivity index (χ2n) is 9.97. The maximum absolute atomic E-state index is 13.8. The highest BCUT2D eigenvalue weighted by Crippen LogP contribution is 2.35. The molecule has 3 N–H and O–H groups in total. The summed E-state index contributed by atoms with van der Waals surface area (Å²) in [7, 11) is 0. The Kier molecular flexibility index (Phi) is 8.49. The minimum absolute atomic E-state index is 0.0164. The summed E-state index contributed by atoms with van der Waals surface area (Å²) in [4.78, 5) is 12.4. The first kappa shape index (κ1) is 28.2. The van der Waals surface area contributed by atoms with Gasteiger partial charge in [-0.2, -0.15) is 0 Å². The predicted octanol–water partition coefficient (Wildman–Crippen LogP) is 2.04. The molecule has 2 aromatic heterocycles. The fourth-order valence-electron chi connectivity index (χ4n) is 5.21. The molecule has 0 aliphatic carbocycles. The molecule has 5 rings (SSSR count). The molecular formula is C26H30F3N5O6. The van der Waals surface area contributed by atoms with Gasteiger partial charge in [-0.3, -0.25) is 4.79 Å². The standard InChI is InChI=1S/C26H30F3N5O6/c1-2-22(36)39-26-20(10-15-9-19(40-32-15)13-3-5-30-6-4-13)38-21(12-35)25(37)24(26)34-11-18(31-33-34)14-7-16(27)23(29)17(28)8-14/h7-9,11,13,20-21,24-26,30,35,37H,2-6,10,12H2,1H3. The summed E-state index contributed by atoms with van der Waals surface area (Å²) in [6.07, 6.45) is -1.21. The van der Waals surface area contributed by atoms with E-state index in [0.29, 0.717) is 5.69 Å². The number of aliphatic hydroxyl groups excluding tert-OH is 2. The van der Waals surface area contributed by atoms with Crippen LogP contribution in [-0.2, 0) is 20.7 Å². The Morgan fingerprint density at radius 1 is 1.18 bits per heavy atom. The first-order chi connectivity index (χ1) is 19.3. The van der Waals surface area contributed by atoms with E-state index in [0.717, 1.165) is 43.8 Å². The molecule has 2 saturated heterocycles. The minimum Gasteiger partial charge on any atom is -0.457 e. The van der Waals surface area contributed by atoms with Crippen LogP contribution in [0.1, 0.15) is 49.6 Å². The average Bonchev–Trinajstić information content (AvgIpc) is 3.63. The van der Waals surface area contributed by atoms with Crippen LogP contribution < -0.4 is 5.32 Å². The number of aliphatic hydroxyl groups is 2. The topological polar surface area (TPSA) is 145 Å². The van der Waals surface area contributed by atoms with E-state index < -0.39 is 60.5 Å². The van der Waals surface area contributed by atoms with Crippen LogP contribution in [0.2, 0.25) is 0 Å². The first-order valence-electron chi connectivity index (χ1n) is 13.2. The van der Waals surface area contributed by atoms with Gasteiger partial charge in [0.25, 0.3) is 0 Å². The number of halogens is 3. The Morgan fingerprint density at radius 2 is 1.90 bits per heavy atom. The molecule has 5 unspecified atom stereocenters. The second-order valence-corrected chi connectivity index (χ2v) is 9.97. The zero-order valence-corrected chi connectivity index (χ0v) is 21.7. The molecule has 1 aromatic carbocycles. The summed E-state index contributed by atoms with van der Waals surface area (Å²) in [6.45, 7) is 2.79. The zero-order chi connectivity index (χ0) is 28.4. The molecule has 5 atom stereocenters. The van der Waals surface area contributed by atoms with Gasteiger partial charge in [0.2, 0.25) is 0 Å². The summed E-state index contributed by atoms with van der Waals surface area (Å²) in [6, 6.07) is 2.27. The van der Waals surface area contributed by atoms with Gasteiger partial charge in [-0.05, 0) is 38.1 Å². The van der Waals surface area contributed by atoms with Gasteiger partial charge in [-0.15, -0.1) is 5.10 Å². The first-order valence-corrected chi connectivity index (χ1v) is 13.2. The fraction of sp³-hybridized carbons (Fsp3) is 0.538. The van der Waals surface area contributed by atoms with Crippen molar-refractivity contribution in [2.45, 2.75) is 69.0 Å². The number of piperidine rings is 1. The van der Waals surface area contributed by atoms with Crippen LogP contribution in [0.25, 0.3) is 11.3 Å². The van der Waals surface area contributed by atoms with Gasteiger partial charge in [0.15, 0.2) is 23.6 Å². The maximum Gasteiger partial charge on any atom is 0.305 e. The Morgan fingerprint density at radius 3 is 2.58 bits per heavy atom. The highest BCUT2D eigenvalue weighted by atomic mass is 19.2. The highest BCUT2D eigenvalue weighted by Gasteiger charge is 2.49. The molecule has 2 fully saturated rings. The average molecular weight is 566 g/mol. The molecule has 14 heteroatoms. The van der Waals surface area contributed by atoms with Crippen LogP contribution in [-0.4, -0.2) is 80.4 Å². The number of hydrogen-bond acceptors (Lipinski definition) is 10. The van der Waals surface area contributed by atoms with Crippen molar-refractivity contribution >= 4 is 5.97 Å². The number of esters is 1. The van der Waals surface area contributed by atoms with Gasteiger partial charge in [-0.1, -0.05) is 17.3 Å². The van der Waals surface area contributed by atoms with Crippen molar-refractivity contribution in [3.05, 3.63) is 53.3 Å². The van der Waals surface area contributed by atoms with Gasteiger partial charge < -0.3 is 29.5 Å². The minimum atomic E-state index is -1.62. The summed E-state index contributed by atoms with van der Waals surface area (Å²) >= 11 is 0. The molecule has 0 spiro atoms. The van der Waals surface area contributed by atoms with E-state index in [-0.39, 0.29) is 30.0 Å². The van der Waals surface area contributed by atoms with Crippen LogP contribution in [0.15, 0.2) is 28.9 Å². The molecule has 3 aromatic rings. The normalized spacial score (nSPS) is 25.7. The number of hydrogen-bond donors (Lipinski definition) is 3. The number of benzene rings is 1. The third kappa shape index (κ3) is 5.75. The van der Waals surface area contributed by atoms with E-state index in [4.69, 9.17) is 14.0 Å². The Bertz CT molecular complexity index is 1310. The van der Waals surface area contributed by atoms with Gasteiger partial charge in [0.05, 0.1) is 18.5 Å². The largest absolute Gasteiger partial charge is 0.457 e. The third-order valence-electron chi connectivity index (χ3n) is 7.34. The Hall–Kier alpha value is -3.33. The highest BCUT2D eigenvalue weighted by molar-refractivity contribution is 5.69. The number of carbonyl (C=O) groups excluding carboxylic acids is 1. The van der Waals surface area contributed by atoms with Crippen molar-refractivity contribution in [3.8, 4) is 11.3 Å². The van der Waals surface area contributed by atoms with Crippen LogP contribution in [0.3, 0.4) is 0 Å². The van der Waals surface area contributed by atoms with E-state index >= 15 is 0 Å². The molecule has 0 bridgehead atoms. The van der Waals surface area contributed by atoms with Crippen LogP contribution in [0.4, 0.5) is 13.2 Å². The van der Waals surface area contributed by atoms with E-state index in [1.54, 1.807) is 6.92 Å². The summed E-state index contributed by atoms with van der Waals surface area (Å²) < 4.78 is 59.6. The molecule has 0 amide bonds. The van der Waals surface area contributed by atoms with Gasteiger partial charge >= 0.3 is 5.97 Å². The molecule has 0 saturated carbocycles. The van der Waals surface area contributed by atoms with Gasteiger partial charge in [-0.25, -0.2) is 17.9 Å². The van der Waals surface area contributed by atoms with Crippen LogP contribution in [0.5, 0.6) is 0 Å². The lowest BCUT2D eigenvalue weighted by atomic mass is 9.89. The van der Waals surface area contributed by atoms with Crippen molar-refractivity contribution in [2.24, 2.45) is 0 Å². The summed E-state index contributed by atoms with van der Waals surface area (Å²) in [5.74, 6) is -4.03. The van der Waals surface area contributed by atoms with Crippen LogP contribution in [0, 0.1) is 17.5 Å². The van der Waals surface area contributed by atoms with Crippen molar-refractivity contribution in [1.29, 1.82) is 0 Å². The number of rotatable bonds is 8. The monoisotopic (exact) mass is 565 g/mol. The molecule has 0 radical (unpaired) electrons. The third-order valence-corrected chi connectivity index (χ3v) is 7.34. The second kappa shape index (κ2) is 12.0. The van der Waals surface area contributed by atoms with Crippen LogP contribution >= 0.6 is 0 Å². The van der Waals surface area contributed by atoms with Crippen molar-refractivity contribution in [1.82, 2.24) is 25.5 Å². The SMILES string of the molecule is CCC(=O)OC1C(Cc2cc(C3CCNCC3)on2)OC(CO)C(O)C1n1cc(-c2cc(F)c(F)c(F)c2)nn1. The van der Waals surface area contributed by atoms with Gasteiger partial charge in [0.1, 0.15) is 35.8 Å². The number of nitrogens with zero attached hydrogens (tertiary/aromatic N) is 4. The lowest BCUT2D eigenvalue weighted by molar-refractivity contribution is -0.218. The number of nitrogens with one attached hydrogen (secondary N) is 1. The lowest BCUT2D eigenvalue weighted by Gasteiger charge is -2.43. The molecule has 11 nitrogen and oxygen atoms in total. The van der Waals surface area contributed by atoms with E-state index in [9.17, 15) is 28.2 Å². The fourth-order valence-corrected chi connectivity index (χ4v) is 5.21. The number of ether oxygens (including phenoxy) is 2. The van der Waals surface area contributed by atoms with E-state index in [1.807, 2.05) is 6.07 Å². The van der Waals surface area contributed by atoms with Gasteiger partial charge in [0, 0.05) is 30.4 Å². The maximum atomic E-state index is 13.8. The smallest absolute Gasteiger partial charge is 0.305 e. The van der Waals surface area contributed by atoms with E-state index in [2.05, 4.69) is 20.8 Å². The molecule has 2 aliphatic rings. The van der Waals surface area contributed by atoms with Crippen molar-refractivity contribution in [3.63, 3.8) is 0 Å². The molecule has 216 valence electrons. The molecule has 4 heterocycles. The molecule has 40 heavy (non-hydrogen) atoms. The summed E-state index contributed by atoms with van der Waals surface area (Å²) in [5, 5.41) is 36.5. The Labute approximate surface area is 227 Å².